The summed E-state index contributed by atoms with van der Waals surface area (Å²) in [5.74, 6) is 0.740. The Morgan fingerprint density at radius 1 is 0.893 bits per heavy atom. The molecule has 0 aliphatic carbocycles. The Labute approximate surface area is 167 Å². The van der Waals surface area contributed by atoms with Gasteiger partial charge in [0, 0.05) is 16.0 Å². The molecule has 0 spiro atoms. The van der Waals surface area contributed by atoms with Crippen molar-refractivity contribution in [3.8, 4) is 22.8 Å². The van der Waals surface area contributed by atoms with Crippen LogP contribution in [0.2, 0.25) is 5.02 Å². The number of rotatable bonds is 4. The summed E-state index contributed by atoms with van der Waals surface area (Å²) >= 11 is 5.90. The molecule has 1 heterocycles. The maximum Gasteiger partial charge on any atom is 0.344 e. The second-order valence-electron chi connectivity index (χ2n) is 6.14. The number of benzene rings is 3. The van der Waals surface area contributed by atoms with E-state index >= 15 is 0 Å². The normalized spacial score (nSPS) is 10.6. The van der Waals surface area contributed by atoms with Gasteiger partial charge in [-0.1, -0.05) is 29.8 Å². The number of hydrogen-bond donors (Lipinski definition) is 0. The summed E-state index contributed by atoms with van der Waals surface area (Å²) in [7, 11) is 1.62. The van der Waals surface area contributed by atoms with Gasteiger partial charge in [0.15, 0.2) is 0 Å². The number of halogens is 1. The molecule has 0 bridgehead atoms. The lowest BCUT2D eigenvalue weighted by atomic mass is 10.0. The molecule has 0 fully saturated rings. The molecule has 0 radical (unpaired) electrons. The van der Waals surface area contributed by atoms with Crippen molar-refractivity contribution in [2.75, 3.05) is 7.11 Å². The number of pyridine rings is 1. The van der Waals surface area contributed by atoms with Gasteiger partial charge >= 0.3 is 5.97 Å². The molecule has 28 heavy (non-hydrogen) atoms. The van der Waals surface area contributed by atoms with Crippen molar-refractivity contribution in [3.05, 3.63) is 89.4 Å². The molecule has 1 aromatic heterocycles. The van der Waals surface area contributed by atoms with Gasteiger partial charge in [-0.25, -0.2) is 9.78 Å². The standard InChI is InChI=1S/C23H16ClNO3/c1-27-17-10-6-15(7-11-17)22-14-20(19-4-2-3-5-21(19)25-22)23(26)28-18-12-8-16(24)9-13-18/h2-14H,1H3. The molecule has 5 heteroatoms. The summed E-state index contributed by atoms with van der Waals surface area (Å²) in [5.41, 5.74) is 2.74. The largest absolute Gasteiger partial charge is 0.497 e. The van der Waals surface area contributed by atoms with Gasteiger partial charge in [0.1, 0.15) is 11.5 Å². The fourth-order valence-corrected chi connectivity index (χ4v) is 3.04. The zero-order valence-corrected chi connectivity index (χ0v) is 15.8. The van der Waals surface area contributed by atoms with Crippen LogP contribution in [0.1, 0.15) is 10.4 Å². The minimum Gasteiger partial charge on any atom is -0.497 e. The van der Waals surface area contributed by atoms with E-state index in [9.17, 15) is 4.79 Å². The van der Waals surface area contributed by atoms with Crippen LogP contribution in [0.25, 0.3) is 22.2 Å². The number of ether oxygens (including phenoxy) is 2. The van der Waals surface area contributed by atoms with Crippen molar-refractivity contribution in [1.82, 2.24) is 4.98 Å². The quantitative estimate of drug-likeness (QED) is 0.328. The monoisotopic (exact) mass is 389 g/mol. The van der Waals surface area contributed by atoms with Crippen LogP contribution >= 0.6 is 11.6 Å². The van der Waals surface area contributed by atoms with Crippen LogP contribution in [0.4, 0.5) is 0 Å². The van der Waals surface area contributed by atoms with E-state index in [1.807, 2.05) is 48.5 Å². The van der Waals surface area contributed by atoms with E-state index in [2.05, 4.69) is 0 Å². The molecule has 0 saturated heterocycles. The van der Waals surface area contributed by atoms with Crippen molar-refractivity contribution in [2.24, 2.45) is 0 Å². The highest BCUT2D eigenvalue weighted by Gasteiger charge is 2.16. The van der Waals surface area contributed by atoms with E-state index in [-0.39, 0.29) is 0 Å². The molecule has 0 amide bonds. The SMILES string of the molecule is COc1ccc(-c2cc(C(=O)Oc3ccc(Cl)cc3)c3ccccc3n2)cc1. The number of hydrogen-bond acceptors (Lipinski definition) is 4. The molecular formula is C23H16ClNO3. The molecule has 0 saturated carbocycles. The van der Waals surface area contributed by atoms with Crippen LogP contribution in [0.3, 0.4) is 0 Å². The van der Waals surface area contributed by atoms with Crippen molar-refractivity contribution < 1.29 is 14.3 Å². The third-order valence-electron chi connectivity index (χ3n) is 4.35. The van der Waals surface area contributed by atoms with Crippen LogP contribution in [0, 0.1) is 0 Å². The van der Waals surface area contributed by atoms with E-state index < -0.39 is 5.97 Å². The number of nitrogens with zero attached hydrogens (tertiary/aromatic N) is 1. The number of aromatic nitrogens is 1. The average molecular weight is 390 g/mol. The molecule has 4 aromatic rings. The third kappa shape index (κ3) is 3.68. The van der Waals surface area contributed by atoms with Crippen LogP contribution in [0.5, 0.6) is 11.5 Å². The van der Waals surface area contributed by atoms with Crippen LogP contribution in [-0.2, 0) is 0 Å². The number of esters is 1. The highest BCUT2D eigenvalue weighted by molar-refractivity contribution is 6.30. The summed E-state index contributed by atoms with van der Waals surface area (Å²) in [4.78, 5) is 17.6. The fraction of sp³-hybridized carbons (Fsp3) is 0.0435. The first kappa shape index (κ1) is 18.0. The van der Waals surface area contributed by atoms with Crippen molar-refractivity contribution in [1.29, 1.82) is 0 Å². The van der Waals surface area contributed by atoms with Gasteiger partial charge in [-0.2, -0.15) is 0 Å². The fourth-order valence-electron chi connectivity index (χ4n) is 2.92. The first-order valence-corrected chi connectivity index (χ1v) is 9.04. The molecule has 4 nitrogen and oxygen atoms in total. The molecule has 0 aliphatic rings. The Kier molecular flexibility index (Phi) is 4.96. The molecule has 0 atom stereocenters. The number of methoxy groups -OCH3 is 1. The molecule has 4 rings (SSSR count). The number of carbonyl (C=O) groups is 1. The second-order valence-corrected chi connectivity index (χ2v) is 6.58. The lowest BCUT2D eigenvalue weighted by Crippen LogP contribution is -2.10. The van der Waals surface area contributed by atoms with Crippen LogP contribution < -0.4 is 9.47 Å². The zero-order chi connectivity index (χ0) is 19.5. The summed E-state index contributed by atoms with van der Waals surface area (Å²) < 4.78 is 10.8. The van der Waals surface area contributed by atoms with Crippen molar-refractivity contribution in [2.45, 2.75) is 0 Å². The van der Waals surface area contributed by atoms with Gasteiger partial charge in [-0.05, 0) is 60.7 Å². The zero-order valence-electron chi connectivity index (χ0n) is 15.1. The van der Waals surface area contributed by atoms with Gasteiger partial charge in [0.25, 0.3) is 0 Å². The van der Waals surface area contributed by atoms with E-state index in [0.717, 1.165) is 22.2 Å². The van der Waals surface area contributed by atoms with E-state index in [1.54, 1.807) is 37.4 Å². The van der Waals surface area contributed by atoms with Crippen LogP contribution in [0.15, 0.2) is 78.9 Å². The maximum absolute atomic E-state index is 12.9. The second kappa shape index (κ2) is 7.71. The predicted octanol–water partition coefficient (Wildman–Crippen LogP) is 5.78. The van der Waals surface area contributed by atoms with E-state index in [1.165, 1.54) is 0 Å². The number of para-hydroxylation sites is 1. The predicted molar refractivity (Wildman–Crippen MR) is 110 cm³/mol. The minimum absolute atomic E-state index is 0.432. The van der Waals surface area contributed by atoms with Gasteiger partial charge in [-0.3, -0.25) is 0 Å². The van der Waals surface area contributed by atoms with Gasteiger partial charge in [0.2, 0.25) is 0 Å². The van der Waals surface area contributed by atoms with Gasteiger partial charge < -0.3 is 9.47 Å². The highest BCUT2D eigenvalue weighted by atomic mass is 35.5. The molecule has 0 N–H and O–H groups in total. The van der Waals surface area contributed by atoms with Gasteiger partial charge in [-0.15, -0.1) is 0 Å². The molecule has 138 valence electrons. The highest BCUT2D eigenvalue weighted by Crippen LogP contribution is 2.27. The lowest BCUT2D eigenvalue weighted by molar-refractivity contribution is 0.0737. The molecular weight excluding hydrogens is 374 g/mol. The Bertz CT molecular complexity index is 1140. The summed E-state index contributed by atoms with van der Waals surface area (Å²) in [6.45, 7) is 0. The minimum atomic E-state index is -0.448. The van der Waals surface area contributed by atoms with Crippen LogP contribution in [-0.4, -0.2) is 18.1 Å². The van der Waals surface area contributed by atoms with Crippen molar-refractivity contribution in [3.63, 3.8) is 0 Å². The topological polar surface area (TPSA) is 48.4 Å². The third-order valence-corrected chi connectivity index (χ3v) is 4.60. The van der Waals surface area contributed by atoms with E-state index in [0.29, 0.717) is 22.0 Å². The Morgan fingerprint density at radius 3 is 2.29 bits per heavy atom. The summed E-state index contributed by atoms with van der Waals surface area (Å²) in [5, 5.41) is 1.31. The van der Waals surface area contributed by atoms with Crippen molar-refractivity contribution >= 4 is 28.5 Å². The Morgan fingerprint density at radius 2 is 1.57 bits per heavy atom. The lowest BCUT2D eigenvalue weighted by Gasteiger charge is -2.10. The summed E-state index contributed by atoms with van der Waals surface area (Å²) in [6.07, 6.45) is 0. The first-order chi connectivity index (χ1) is 13.6. The van der Waals surface area contributed by atoms with E-state index in [4.69, 9.17) is 26.1 Å². The first-order valence-electron chi connectivity index (χ1n) is 8.66. The summed E-state index contributed by atoms with van der Waals surface area (Å²) in [6, 6.07) is 23.5. The smallest absolute Gasteiger partial charge is 0.344 e. The number of fused-ring (bicyclic) bond motifs is 1. The molecule has 3 aromatic carbocycles. The molecule has 0 aliphatic heterocycles. The molecule has 0 unspecified atom stereocenters. The number of carbonyl (C=O) groups excluding carboxylic acids is 1. The van der Waals surface area contributed by atoms with Gasteiger partial charge in [0.05, 0.1) is 23.9 Å². The maximum atomic E-state index is 12.9. The Hall–Kier alpha value is -3.37. The average Bonchev–Trinajstić information content (AvgIpc) is 2.74. The Balaban J connectivity index is 1.77.